The Balaban J connectivity index is 2.16. The van der Waals surface area contributed by atoms with Crippen molar-refractivity contribution in [1.82, 2.24) is 10.2 Å². The third-order valence-electron chi connectivity index (χ3n) is 2.95. The van der Waals surface area contributed by atoms with E-state index >= 15 is 0 Å². The van der Waals surface area contributed by atoms with Crippen molar-refractivity contribution >= 4 is 5.82 Å². The van der Waals surface area contributed by atoms with Crippen LogP contribution in [0.3, 0.4) is 0 Å². The molecule has 4 heteroatoms. The maximum Gasteiger partial charge on any atom is 0.151 e. The fourth-order valence-electron chi connectivity index (χ4n) is 1.96. The fraction of sp³-hybridized carbons (Fsp3) is 0.333. The first kappa shape index (κ1) is 13.5. The molecule has 0 aliphatic carbocycles. The lowest BCUT2D eigenvalue weighted by molar-refractivity contribution is 0.717. The predicted molar refractivity (Wildman–Crippen MR) is 77.9 cm³/mol. The summed E-state index contributed by atoms with van der Waals surface area (Å²) >= 11 is 0. The van der Waals surface area contributed by atoms with E-state index < -0.39 is 0 Å². The normalized spacial score (nSPS) is 10.4. The van der Waals surface area contributed by atoms with Crippen molar-refractivity contribution in [1.29, 1.82) is 0 Å². The van der Waals surface area contributed by atoms with Crippen molar-refractivity contribution in [2.24, 2.45) is 5.73 Å². The number of hydrogen-bond acceptors (Lipinski definition) is 4. The van der Waals surface area contributed by atoms with Gasteiger partial charge in [0.25, 0.3) is 0 Å². The van der Waals surface area contributed by atoms with Crippen LogP contribution in [0, 0.1) is 6.92 Å². The second kappa shape index (κ2) is 6.85. The van der Waals surface area contributed by atoms with Crippen LogP contribution < -0.4 is 10.6 Å². The van der Waals surface area contributed by atoms with Gasteiger partial charge in [-0.1, -0.05) is 30.3 Å². The van der Waals surface area contributed by atoms with E-state index in [9.17, 15) is 0 Å². The van der Waals surface area contributed by atoms with Gasteiger partial charge >= 0.3 is 0 Å². The average molecular weight is 256 g/mol. The molecular weight excluding hydrogens is 236 g/mol. The maximum absolute atomic E-state index is 5.62. The van der Waals surface area contributed by atoms with Crippen molar-refractivity contribution in [2.45, 2.75) is 19.9 Å². The van der Waals surface area contributed by atoms with Crippen LogP contribution in [0.5, 0.6) is 0 Å². The maximum atomic E-state index is 5.62. The van der Waals surface area contributed by atoms with Crippen LogP contribution in [0.1, 0.15) is 17.5 Å². The zero-order chi connectivity index (χ0) is 13.5. The number of aromatic nitrogens is 2. The quantitative estimate of drug-likeness (QED) is 0.860. The SMILES string of the molecule is Cc1cnnc(N(CCCN)Cc2ccccc2)c1. The van der Waals surface area contributed by atoms with Gasteiger partial charge in [0.05, 0.1) is 6.20 Å². The summed E-state index contributed by atoms with van der Waals surface area (Å²) in [5, 5.41) is 8.26. The van der Waals surface area contributed by atoms with E-state index in [-0.39, 0.29) is 0 Å². The third-order valence-corrected chi connectivity index (χ3v) is 2.95. The second-order valence-electron chi connectivity index (χ2n) is 4.64. The molecule has 2 rings (SSSR count). The largest absolute Gasteiger partial charge is 0.351 e. The van der Waals surface area contributed by atoms with E-state index in [1.54, 1.807) is 6.20 Å². The molecule has 0 aliphatic heterocycles. The van der Waals surface area contributed by atoms with E-state index in [0.29, 0.717) is 6.54 Å². The second-order valence-corrected chi connectivity index (χ2v) is 4.64. The summed E-state index contributed by atoms with van der Waals surface area (Å²) in [5.41, 5.74) is 8.00. The smallest absolute Gasteiger partial charge is 0.151 e. The standard InChI is InChI=1S/C15H20N4/c1-13-10-15(18-17-11-13)19(9-5-8-16)12-14-6-3-2-4-7-14/h2-4,6-7,10-11H,5,8-9,12,16H2,1H3. The minimum Gasteiger partial charge on any atom is -0.351 e. The highest BCUT2D eigenvalue weighted by Crippen LogP contribution is 2.15. The monoisotopic (exact) mass is 256 g/mol. The Kier molecular flexibility index (Phi) is 4.86. The van der Waals surface area contributed by atoms with Gasteiger partial charge in [-0.3, -0.25) is 0 Å². The summed E-state index contributed by atoms with van der Waals surface area (Å²) < 4.78 is 0. The molecule has 0 radical (unpaired) electrons. The zero-order valence-electron chi connectivity index (χ0n) is 11.3. The molecule has 19 heavy (non-hydrogen) atoms. The first-order valence-electron chi connectivity index (χ1n) is 6.58. The highest BCUT2D eigenvalue weighted by molar-refractivity contribution is 5.40. The molecule has 2 aromatic rings. The van der Waals surface area contributed by atoms with Crippen molar-refractivity contribution in [3.05, 3.63) is 53.7 Å². The first-order chi connectivity index (χ1) is 9.29. The Hall–Kier alpha value is -1.94. The molecule has 0 fully saturated rings. The molecule has 4 nitrogen and oxygen atoms in total. The summed E-state index contributed by atoms with van der Waals surface area (Å²) in [7, 11) is 0. The molecule has 0 saturated heterocycles. The summed E-state index contributed by atoms with van der Waals surface area (Å²) in [4.78, 5) is 2.22. The summed E-state index contributed by atoms with van der Waals surface area (Å²) in [6, 6.07) is 12.4. The summed E-state index contributed by atoms with van der Waals surface area (Å²) in [6.07, 6.45) is 2.72. The molecule has 2 N–H and O–H groups in total. The van der Waals surface area contributed by atoms with Gasteiger partial charge < -0.3 is 10.6 Å². The highest BCUT2D eigenvalue weighted by Gasteiger charge is 2.09. The number of rotatable bonds is 6. The van der Waals surface area contributed by atoms with E-state index in [1.807, 2.05) is 13.0 Å². The molecule has 100 valence electrons. The minimum atomic E-state index is 0.685. The Morgan fingerprint density at radius 3 is 2.68 bits per heavy atom. The van der Waals surface area contributed by atoms with Crippen LogP contribution in [0.15, 0.2) is 42.6 Å². The van der Waals surface area contributed by atoms with Crippen LogP contribution >= 0.6 is 0 Å². The number of aryl methyl sites for hydroxylation is 1. The topological polar surface area (TPSA) is 55.0 Å². The summed E-state index contributed by atoms with van der Waals surface area (Å²) in [6.45, 7) is 4.44. The number of nitrogens with zero attached hydrogens (tertiary/aromatic N) is 3. The van der Waals surface area contributed by atoms with Crippen molar-refractivity contribution in [3.63, 3.8) is 0 Å². The lowest BCUT2D eigenvalue weighted by Crippen LogP contribution is -2.26. The molecule has 0 unspecified atom stereocenters. The Morgan fingerprint density at radius 2 is 2.00 bits per heavy atom. The Labute approximate surface area is 114 Å². The van der Waals surface area contributed by atoms with E-state index in [0.717, 1.165) is 30.9 Å². The van der Waals surface area contributed by atoms with Crippen molar-refractivity contribution < 1.29 is 0 Å². The molecule has 1 heterocycles. The Morgan fingerprint density at radius 1 is 1.21 bits per heavy atom. The lowest BCUT2D eigenvalue weighted by Gasteiger charge is -2.23. The molecule has 0 bridgehead atoms. The van der Waals surface area contributed by atoms with E-state index in [4.69, 9.17) is 5.73 Å². The molecular formula is C15H20N4. The van der Waals surface area contributed by atoms with Crippen molar-refractivity contribution in [2.75, 3.05) is 18.0 Å². The third kappa shape index (κ3) is 4.03. The van der Waals surface area contributed by atoms with Gasteiger partial charge in [0.15, 0.2) is 5.82 Å². The van der Waals surface area contributed by atoms with Crippen LogP contribution in [0.2, 0.25) is 0 Å². The molecule has 1 aromatic carbocycles. The zero-order valence-corrected chi connectivity index (χ0v) is 11.3. The number of nitrogens with two attached hydrogens (primary N) is 1. The molecule has 0 saturated carbocycles. The van der Waals surface area contributed by atoms with Crippen LogP contribution in [-0.4, -0.2) is 23.3 Å². The number of benzene rings is 1. The van der Waals surface area contributed by atoms with Gasteiger partial charge in [-0.2, -0.15) is 5.10 Å². The predicted octanol–water partition coefficient (Wildman–Crippen LogP) is 2.14. The van der Waals surface area contributed by atoms with Crippen LogP contribution in [-0.2, 0) is 6.54 Å². The molecule has 0 amide bonds. The fourth-order valence-corrected chi connectivity index (χ4v) is 1.96. The van der Waals surface area contributed by atoms with Gasteiger partial charge in [-0.25, -0.2) is 0 Å². The first-order valence-corrected chi connectivity index (χ1v) is 6.58. The van der Waals surface area contributed by atoms with Gasteiger partial charge in [-0.05, 0) is 37.1 Å². The van der Waals surface area contributed by atoms with E-state index in [1.165, 1.54) is 5.56 Å². The van der Waals surface area contributed by atoms with Gasteiger partial charge in [0.1, 0.15) is 0 Å². The number of hydrogen-bond donors (Lipinski definition) is 1. The van der Waals surface area contributed by atoms with Gasteiger partial charge in [0, 0.05) is 13.1 Å². The van der Waals surface area contributed by atoms with Gasteiger partial charge in [-0.15, -0.1) is 5.10 Å². The Bertz CT molecular complexity index is 499. The summed E-state index contributed by atoms with van der Waals surface area (Å²) in [5.74, 6) is 0.914. The highest BCUT2D eigenvalue weighted by atomic mass is 15.3. The molecule has 0 atom stereocenters. The molecule has 0 spiro atoms. The van der Waals surface area contributed by atoms with Gasteiger partial charge in [0.2, 0.25) is 0 Å². The number of anilines is 1. The van der Waals surface area contributed by atoms with Crippen molar-refractivity contribution in [3.8, 4) is 0 Å². The minimum absolute atomic E-state index is 0.685. The van der Waals surface area contributed by atoms with Crippen LogP contribution in [0.4, 0.5) is 5.82 Å². The molecule has 0 aliphatic rings. The lowest BCUT2D eigenvalue weighted by atomic mass is 10.2. The molecule has 1 aromatic heterocycles. The van der Waals surface area contributed by atoms with Crippen LogP contribution in [0.25, 0.3) is 0 Å². The average Bonchev–Trinajstić information content (AvgIpc) is 2.44. The van der Waals surface area contributed by atoms with E-state index in [2.05, 4.69) is 45.4 Å².